The number of aromatic nitrogens is 1. The third-order valence-corrected chi connectivity index (χ3v) is 2.94. The summed E-state index contributed by atoms with van der Waals surface area (Å²) in [7, 11) is 0. The van der Waals surface area contributed by atoms with E-state index in [1.54, 1.807) is 6.20 Å². The number of pyridine rings is 1. The molecule has 0 aromatic carbocycles. The molecule has 1 aromatic rings. The Balaban J connectivity index is 1.68. The first-order valence-corrected chi connectivity index (χ1v) is 6.06. The number of nitrogens with zero attached hydrogens (tertiary/aromatic N) is 2. The lowest BCUT2D eigenvalue weighted by Gasteiger charge is -2.09. The van der Waals surface area contributed by atoms with E-state index >= 15 is 0 Å². The quantitative estimate of drug-likeness (QED) is 0.782. The summed E-state index contributed by atoms with van der Waals surface area (Å²) in [6.45, 7) is 2.65. The van der Waals surface area contributed by atoms with Gasteiger partial charge in [-0.2, -0.15) is 5.26 Å². The molecule has 0 saturated carbocycles. The first-order valence-electron chi connectivity index (χ1n) is 6.06. The number of hydrogen-bond acceptors (Lipinski definition) is 4. The van der Waals surface area contributed by atoms with Crippen molar-refractivity contribution < 1.29 is 4.74 Å². The Morgan fingerprint density at radius 1 is 1.59 bits per heavy atom. The van der Waals surface area contributed by atoms with E-state index in [1.807, 2.05) is 18.2 Å². The number of nitrogens with one attached hydrogen (secondary N) is 1. The predicted molar refractivity (Wildman–Crippen MR) is 64.2 cm³/mol. The highest BCUT2D eigenvalue weighted by Crippen LogP contribution is 2.14. The molecule has 0 amide bonds. The van der Waals surface area contributed by atoms with E-state index in [-0.39, 0.29) is 0 Å². The van der Waals surface area contributed by atoms with E-state index in [0.717, 1.165) is 31.7 Å². The second kappa shape index (κ2) is 6.33. The van der Waals surface area contributed by atoms with E-state index in [1.165, 1.54) is 12.8 Å². The molecule has 1 unspecified atom stereocenters. The van der Waals surface area contributed by atoms with E-state index in [2.05, 4.69) is 10.3 Å². The summed E-state index contributed by atoms with van der Waals surface area (Å²) >= 11 is 0. The fourth-order valence-electron chi connectivity index (χ4n) is 2.01. The topological polar surface area (TPSA) is 57.9 Å². The third kappa shape index (κ3) is 3.81. The average molecular weight is 231 g/mol. The maximum absolute atomic E-state index is 8.73. The second-order valence-electron chi connectivity index (χ2n) is 4.26. The highest BCUT2D eigenvalue weighted by atomic mass is 16.5. The minimum Gasteiger partial charge on any atom is -0.378 e. The summed E-state index contributed by atoms with van der Waals surface area (Å²) in [4.78, 5) is 3.94. The lowest BCUT2D eigenvalue weighted by molar-refractivity contribution is 0.104. The molecule has 0 radical (unpaired) electrons. The molecular weight excluding hydrogens is 214 g/mol. The van der Waals surface area contributed by atoms with Gasteiger partial charge < -0.3 is 10.1 Å². The number of rotatable bonds is 5. The fourth-order valence-corrected chi connectivity index (χ4v) is 2.01. The molecule has 1 fully saturated rings. The normalized spacial score (nSPS) is 19.1. The Hall–Kier alpha value is -1.44. The van der Waals surface area contributed by atoms with Gasteiger partial charge in [-0.3, -0.25) is 0 Å². The average Bonchev–Trinajstić information content (AvgIpc) is 2.88. The van der Waals surface area contributed by atoms with Crippen molar-refractivity contribution in [2.45, 2.75) is 31.9 Å². The Morgan fingerprint density at radius 2 is 2.53 bits per heavy atom. The van der Waals surface area contributed by atoms with Gasteiger partial charge in [-0.1, -0.05) is 0 Å². The lowest BCUT2D eigenvalue weighted by Crippen LogP contribution is -2.19. The molecule has 90 valence electrons. The lowest BCUT2D eigenvalue weighted by atomic mass is 10.2. The molecule has 2 rings (SSSR count). The zero-order valence-electron chi connectivity index (χ0n) is 9.85. The van der Waals surface area contributed by atoms with Gasteiger partial charge in [-0.15, -0.1) is 0 Å². The number of hydrogen-bond donors (Lipinski definition) is 1. The standard InChI is InChI=1S/C13H17N3O/c14-9-12-8-11(3-6-16-12)10-15-5-4-13-2-1-7-17-13/h3,6,8,13,15H,1-2,4-5,7,10H2. The largest absolute Gasteiger partial charge is 0.378 e. The summed E-state index contributed by atoms with van der Waals surface area (Å²) in [6.07, 6.45) is 5.57. The van der Waals surface area contributed by atoms with Crippen LogP contribution in [-0.2, 0) is 11.3 Å². The van der Waals surface area contributed by atoms with Crippen LogP contribution in [0.3, 0.4) is 0 Å². The Morgan fingerprint density at radius 3 is 3.29 bits per heavy atom. The minimum absolute atomic E-state index is 0.439. The van der Waals surface area contributed by atoms with Crippen LogP contribution in [0.1, 0.15) is 30.5 Å². The molecule has 1 saturated heterocycles. The van der Waals surface area contributed by atoms with Crippen LogP contribution < -0.4 is 5.32 Å². The zero-order valence-corrected chi connectivity index (χ0v) is 9.85. The predicted octanol–water partition coefficient (Wildman–Crippen LogP) is 1.61. The summed E-state index contributed by atoms with van der Waals surface area (Å²) in [5.41, 5.74) is 1.58. The van der Waals surface area contributed by atoms with Crippen molar-refractivity contribution >= 4 is 0 Å². The molecular formula is C13H17N3O. The summed E-state index contributed by atoms with van der Waals surface area (Å²) in [6, 6.07) is 5.79. The molecule has 0 bridgehead atoms. The molecule has 4 nitrogen and oxygen atoms in total. The first-order chi connectivity index (χ1) is 8.38. The van der Waals surface area contributed by atoms with Gasteiger partial charge in [0.05, 0.1) is 6.10 Å². The molecule has 17 heavy (non-hydrogen) atoms. The van der Waals surface area contributed by atoms with Gasteiger partial charge in [-0.05, 0) is 43.5 Å². The van der Waals surface area contributed by atoms with Crippen LogP contribution in [0.15, 0.2) is 18.3 Å². The van der Waals surface area contributed by atoms with E-state index in [0.29, 0.717) is 11.8 Å². The maximum atomic E-state index is 8.73. The Labute approximate surface area is 102 Å². The van der Waals surface area contributed by atoms with Crippen molar-refractivity contribution in [3.05, 3.63) is 29.6 Å². The summed E-state index contributed by atoms with van der Waals surface area (Å²) in [5, 5.41) is 12.1. The Bertz CT molecular complexity index is 394. The van der Waals surface area contributed by atoms with Crippen molar-refractivity contribution in [3.8, 4) is 6.07 Å². The molecule has 1 aromatic heterocycles. The van der Waals surface area contributed by atoms with E-state index in [9.17, 15) is 0 Å². The molecule has 1 N–H and O–H groups in total. The van der Waals surface area contributed by atoms with Crippen molar-refractivity contribution in [2.24, 2.45) is 0 Å². The maximum Gasteiger partial charge on any atom is 0.140 e. The highest BCUT2D eigenvalue weighted by Gasteiger charge is 2.14. The number of ether oxygens (including phenoxy) is 1. The monoisotopic (exact) mass is 231 g/mol. The second-order valence-corrected chi connectivity index (χ2v) is 4.26. The summed E-state index contributed by atoms with van der Waals surface area (Å²) < 4.78 is 5.55. The van der Waals surface area contributed by atoms with Gasteiger partial charge in [0.1, 0.15) is 11.8 Å². The molecule has 1 atom stereocenters. The van der Waals surface area contributed by atoms with Crippen LogP contribution in [0.5, 0.6) is 0 Å². The molecule has 1 aliphatic rings. The van der Waals surface area contributed by atoms with E-state index < -0.39 is 0 Å². The SMILES string of the molecule is N#Cc1cc(CNCCC2CCCO2)ccn1. The van der Waals surface area contributed by atoms with Crippen molar-refractivity contribution in [2.75, 3.05) is 13.2 Å². The van der Waals surface area contributed by atoms with Gasteiger partial charge in [0, 0.05) is 19.3 Å². The van der Waals surface area contributed by atoms with Crippen molar-refractivity contribution in [1.82, 2.24) is 10.3 Å². The van der Waals surface area contributed by atoms with Gasteiger partial charge in [0.15, 0.2) is 0 Å². The number of nitriles is 1. The minimum atomic E-state index is 0.439. The summed E-state index contributed by atoms with van der Waals surface area (Å²) in [5.74, 6) is 0. The third-order valence-electron chi connectivity index (χ3n) is 2.94. The van der Waals surface area contributed by atoms with Crippen molar-refractivity contribution in [3.63, 3.8) is 0 Å². The molecule has 2 heterocycles. The van der Waals surface area contributed by atoms with Crippen LogP contribution >= 0.6 is 0 Å². The van der Waals surface area contributed by atoms with Crippen LogP contribution in [0.2, 0.25) is 0 Å². The first kappa shape index (κ1) is 12.0. The zero-order chi connectivity index (χ0) is 11.9. The van der Waals surface area contributed by atoms with Crippen molar-refractivity contribution in [1.29, 1.82) is 5.26 Å². The Kier molecular flexibility index (Phi) is 4.48. The van der Waals surface area contributed by atoms with Crippen LogP contribution in [0, 0.1) is 11.3 Å². The van der Waals surface area contributed by atoms with Gasteiger partial charge >= 0.3 is 0 Å². The van der Waals surface area contributed by atoms with Crippen LogP contribution in [0.25, 0.3) is 0 Å². The molecule has 0 spiro atoms. The van der Waals surface area contributed by atoms with Crippen LogP contribution in [0.4, 0.5) is 0 Å². The molecule has 4 heteroatoms. The fraction of sp³-hybridized carbons (Fsp3) is 0.538. The van der Waals surface area contributed by atoms with Gasteiger partial charge in [0.2, 0.25) is 0 Å². The molecule has 1 aliphatic heterocycles. The van der Waals surface area contributed by atoms with Gasteiger partial charge in [-0.25, -0.2) is 4.98 Å². The van der Waals surface area contributed by atoms with E-state index in [4.69, 9.17) is 10.00 Å². The molecule has 0 aliphatic carbocycles. The highest BCUT2D eigenvalue weighted by molar-refractivity contribution is 5.25. The smallest absolute Gasteiger partial charge is 0.140 e. The van der Waals surface area contributed by atoms with Crippen LogP contribution in [-0.4, -0.2) is 24.2 Å². The van der Waals surface area contributed by atoms with Gasteiger partial charge in [0.25, 0.3) is 0 Å².